The van der Waals surface area contributed by atoms with Crippen LogP contribution in [0, 0.1) is 5.92 Å². The lowest BCUT2D eigenvalue weighted by molar-refractivity contribution is 0.117. The molecule has 0 aliphatic carbocycles. The molecule has 1 aliphatic heterocycles. The molecular formula is C16H25N3O4S. The van der Waals surface area contributed by atoms with E-state index in [4.69, 9.17) is 5.14 Å². The first kappa shape index (κ1) is 18.7. The van der Waals surface area contributed by atoms with Crippen LogP contribution in [0.4, 0.5) is 4.79 Å². The van der Waals surface area contributed by atoms with Crippen LogP contribution in [0.15, 0.2) is 23.2 Å². The highest BCUT2D eigenvalue weighted by molar-refractivity contribution is 7.89. The van der Waals surface area contributed by atoms with Crippen LogP contribution in [-0.2, 0) is 16.4 Å². The zero-order valence-electron chi connectivity index (χ0n) is 14.1. The number of rotatable bonds is 6. The SMILES string of the molecule is CC1(C)C[C@H](CCCCc2cccc(S(N)(=O)=O)n2)CN1C(=O)O. The Kier molecular flexibility index (Phi) is 5.49. The maximum atomic E-state index is 11.3. The minimum atomic E-state index is -3.77. The Morgan fingerprint density at radius 1 is 1.42 bits per heavy atom. The molecule has 0 bridgehead atoms. The van der Waals surface area contributed by atoms with Gasteiger partial charge < -0.3 is 10.0 Å². The Labute approximate surface area is 142 Å². The van der Waals surface area contributed by atoms with E-state index in [0.717, 1.165) is 25.7 Å². The van der Waals surface area contributed by atoms with Gasteiger partial charge in [0.15, 0.2) is 5.03 Å². The summed E-state index contributed by atoms with van der Waals surface area (Å²) in [6.45, 7) is 4.51. The molecule has 0 radical (unpaired) electrons. The fraction of sp³-hybridized carbons (Fsp3) is 0.625. The van der Waals surface area contributed by atoms with Crippen LogP contribution in [0.3, 0.4) is 0 Å². The summed E-state index contributed by atoms with van der Waals surface area (Å²) in [7, 11) is -3.77. The van der Waals surface area contributed by atoms with E-state index in [0.29, 0.717) is 24.6 Å². The number of primary sulfonamides is 1. The Hall–Kier alpha value is -1.67. The first-order valence-electron chi connectivity index (χ1n) is 8.09. The molecular weight excluding hydrogens is 330 g/mol. The molecule has 1 fully saturated rings. The Balaban J connectivity index is 1.81. The van der Waals surface area contributed by atoms with Crippen LogP contribution in [0.25, 0.3) is 0 Å². The maximum absolute atomic E-state index is 11.3. The van der Waals surface area contributed by atoms with Crippen LogP contribution in [0.5, 0.6) is 0 Å². The molecule has 1 aromatic rings. The first-order chi connectivity index (χ1) is 11.1. The number of amides is 1. The van der Waals surface area contributed by atoms with Crippen molar-refractivity contribution in [3.8, 4) is 0 Å². The van der Waals surface area contributed by atoms with Crippen molar-refractivity contribution in [2.75, 3.05) is 6.54 Å². The van der Waals surface area contributed by atoms with Gasteiger partial charge in [-0.05, 0) is 57.6 Å². The number of carboxylic acid groups (broad SMARTS) is 1. The highest BCUT2D eigenvalue weighted by Gasteiger charge is 2.40. The molecule has 0 saturated carbocycles. The van der Waals surface area contributed by atoms with Gasteiger partial charge in [-0.2, -0.15) is 0 Å². The highest BCUT2D eigenvalue weighted by atomic mass is 32.2. The molecule has 24 heavy (non-hydrogen) atoms. The van der Waals surface area contributed by atoms with E-state index in [1.807, 2.05) is 13.8 Å². The van der Waals surface area contributed by atoms with Gasteiger partial charge >= 0.3 is 6.09 Å². The fourth-order valence-corrected chi connectivity index (χ4v) is 3.92. The summed E-state index contributed by atoms with van der Waals surface area (Å²) in [5, 5.41) is 14.2. The number of pyridine rings is 1. The minimum absolute atomic E-state index is 0.102. The molecule has 7 nitrogen and oxygen atoms in total. The number of unbranched alkanes of at least 4 members (excludes halogenated alkanes) is 1. The van der Waals surface area contributed by atoms with Crippen molar-refractivity contribution in [2.45, 2.75) is 56.5 Å². The number of aromatic nitrogens is 1. The van der Waals surface area contributed by atoms with Crippen molar-refractivity contribution in [2.24, 2.45) is 11.1 Å². The Morgan fingerprint density at radius 2 is 2.12 bits per heavy atom. The van der Waals surface area contributed by atoms with Gasteiger partial charge in [-0.1, -0.05) is 12.5 Å². The number of likely N-dealkylation sites (tertiary alicyclic amines) is 1. The third kappa shape index (κ3) is 4.67. The molecule has 0 spiro atoms. The van der Waals surface area contributed by atoms with Crippen LogP contribution < -0.4 is 5.14 Å². The van der Waals surface area contributed by atoms with Crippen LogP contribution >= 0.6 is 0 Å². The zero-order valence-corrected chi connectivity index (χ0v) is 14.9. The molecule has 8 heteroatoms. The van der Waals surface area contributed by atoms with Gasteiger partial charge in [-0.25, -0.2) is 23.3 Å². The van der Waals surface area contributed by atoms with Crippen molar-refractivity contribution in [3.05, 3.63) is 23.9 Å². The lowest BCUT2D eigenvalue weighted by Crippen LogP contribution is -2.41. The molecule has 2 rings (SSSR count). The molecule has 134 valence electrons. The summed E-state index contributed by atoms with van der Waals surface area (Å²) in [6.07, 6.45) is 3.50. The lowest BCUT2D eigenvalue weighted by atomic mass is 9.92. The third-order valence-corrected chi connectivity index (χ3v) is 5.37. The summed E-state index contributed by atoms with van der Waals surface area (Å²) in [5.74, 6) is 0.375. The normalized spacial score (nSPS) is 20.3. The van der Waals surface area contributed by atoms with Crippen molar-refractivity contribution < 1.29 is 18.3 Å². The summed E-state index contributed by atoms with van der Waals surface area (Å²) in [6, 6.07) is 4.83. The van der Waals surface area contributed by atoms with E-state index in [9.17, 15) is 18.3 Å². The number of nitrogens with two attached hydrogens (primary N) is 1. The predicted octanol–water partition coefficient (Wildman–Crippen LogP) is 2.22. The van der Waals surface area contributed by atoms with Gasteiger partial charge in [0.25, 0.3) is 10.0 Å². The zero-order chi connectivity index (χ0) is 18.0. The monoisotopic (exact) mass is 355 g/mol. The van der Waals surface area contributed by atoms with E-state index in [2.05, 4.69) is 4.98 Å². The summed E-state index contributed by atoms with van der Waals surface area (Å²) in [4.78, 5) is 16.8. The average molecular weight is 355 g/mol. The van der Waals surface area contributed by atoms with Gasteiger partial charge in [0, 0.05) is 17.8 Å². The lowest BCUT2D eigenvalue weighted by Gasteiger charge is -2.28. The maximum Gasteiger partial charge on any atom is 0.407 e. The van der Waals surface area contributed by atoms with Crippen LogP contribution in [-0.4, -0.2) is 41.6 Å². The van der Waals surface area contributed by atoms with Crippen LogP contribution in [0.2, 0.25) is 0 Å². The molecule has 1 aromatic heterocycles. The minimum Gasteiger partial charge on any atom is -0.465 e. The number of hydrogen-bond acceptors (Lipinski definition) is 4. The summed E-state index contributed by atoms with van der Waals surface area (Å²) in [5.41, 5.74) is 0.405. The number of nitrogens with zero attached hydrogens (tertiary/aromatic N) is 2. The van der Waals surface area contributed by atoms with Gasteiger partial charge in [-0.3, -0.25) is 0 Å². The molecule has 1 saturated heterocycles. The molecule has 0 aromatic carbocycles. The van der Waals surface area contributed by atoms with Gasteiger partial charge in [0.2, 0.25) is 0 Å². The van der Waals surface area contributed by atoms with E-state index < -0.39 is 16.1 Å². The summed E-state index contributed by atoms with van der Waals surface area (Å²) < 4.78 is 22.6. The van der Waals surface area contributed by atoms with Crippen molar-refractivity contribution in [1.82, 2.24) is 9.88 Å². The highest BCUT2D eigenvalue weighted by Crippen LogP contribution is 2.35. The van der Waals surface area contributed by atoms with Crippen molar-refractivity contribution in [1.29, 1.82) is 0 Å². The number of sulfonamides is 1. The van der Waals surface area contributed by atoms with Crippen molar-refractivity contribution in [3.63, 3.8) is 0 Å². The number of carbonyl (C=O) groups is 1. The molecule has 3 N–H and O–H groups in total. The topological polar surface area (TPSA) is 114 Å². The van der Waals surface area contributed by atoms with E-state index >= 15 is 0 Å². The van der Waals surface area contributed by atoms with Crippen molar-refractivity contribution >= 4 is 16.1 Å². The Morgan fingerprint density at radius 3 is 2.71 bits per heavy atom. The Bertz CT molecular complexity index is 703. The van der Waals surface area contributed by atoms with E-state index in [1.54, 1.807) is 12.1 Å². The third-order valence-electron chi connectivity index (χ3n) is 4.56. The number of hydrogen-bond donors (Lipinski definition) is 2. The van der Waals surface area contributed by atoms with Gasteiger partial charge in [-0.15, -0.1) is 0 Å². The molecule has 0 unspecified atom stereocenters. The van der Waals surface area contributed by atoms with E-state index in [1.165, 1.54) is 11.0 Å². The average Bonchev–Trinajstić information content (AvgIpc) is 2.78. The molecule has 1 amide bonds. The predicted molar refractivity (Wildman–Crippen MR) is 90.1 cm³/mol. The van der Waals surface area contributed by atoms with Gasteiger partial charge in [0.1, 0.15) is 0 Å². The summed E-state index contributed by atoms with van der Waals surface area (Å²) >= 11 is 0. The molecule has 1 aliphatic rings. The first-order valence-corrected chi connectivity index (χ1v) is 9.63. The fourth-order valence-electron chi connectivity index (χ4n) is 3.41. The molecule has 2 heterocycles. The molecule has 1 atom stereocenters. The van der Waals surface area contributed by atoms with Crippen LogP contribution in [0.1, 0.15) is 45.2 Å². The second kappa shape index (κ2) is 7.06. The van der Waals surface area contributed by atoms with E-state index in [-0.39, 0.29) is 10.6 Å². The quantitative estimate of drug-likeness (QED) is 0.760. The van der Waals surface area contributed by atoms with Gasteiger partial charge in [0.05, 0.1) is 0 Å². The second-order valence-corrected chi connectivity index (χ2v) is 8.54. The smallest absolute Gasteiger partial charge is 0.407 e. The largest absolute Gasteiger partial charge is 0.465 e. The standard InChI is InChI=1S/C16H25N3O4S/c1-16(2)10-12(11-19(16)15(20)21)6-3-4-7-13-8-5-9-14(18-13)24(17,22)23/h5,8-9,12H,3-4,6-7,10-11H2,1-2H3,(H,20,21)(H2,17,22,23)/t12-/m0/s1. The second-order valence-electron chi connectivity index (χ2n) is 7.03. The number of aryl methyl sites for hydroxylation is 1.